The van der Waals surface area contributed by atoms with Gasteiger partial charge in [0.25, 0.3) is 6.48 Å². The number of rotatable bonds is 9. The molecule has 0 heterocycles. The molecule has 2 atom stereocenters. The lowest BCUT2D eigenvalue weighted by Gasteiger charge is -2.29. The third kappa shape index (κ3) is 7.49. The number of hydrogen-bond donors (Lipinski definition) is 1. The molecule has 0 aliphatic heterocycles. The summed E-state index contributed by atoms with van der Waals surface area (Å²) < 4.78 is 16.0. The van der Waals surface area contributed by atoms with Gasteiger partial charge in [0.2, 0.25) is 0 Å². The maximum absolute atomic E-state index is 9.85. The molecule has 4 nitrogen and oxygen atoms in total. The molecule has 0 aromatic heterocycles. The van der Waals surface area contributed by atoms with Crippen LogP contribution in [-0.4, -0.2) is 37.0 Å². The lowest BCUT2D eigenvalue weighted by atomic mass is 9.95. The van der Waals surface area contributed by atoms with E-state index in [4.69, 9.17) is 14.2 Å². The molecule has 2 unspecified atom stereocenters. The molecule has 0 amide bonds. The summed E-state index contributed by atoms with van der Waals surface area (Å²) in [6.07, 6.45) is 0.993. The molecule has 0 radical (unpaired) electrons. The fraction of sp³-hybridized carbons (Fsp3) is 0.846. The van der Waals surface area contributed by atoms with E-state index in [9.17, 15) is 5.11 Å². The van der Waals surface area contributed by atoms with Crippen molar-refractivity contribution in [2.24, 2.45) is 0 Å². The Bertz CT molecular complexity index is 220. The Morgan fingerprint density at radius 1 is 1.35 bits per heavy atom. The van der Waals surface area contributed by atoms with Crippen LogP contribution in [0, 0.1) is 0 Å². The van der Waals surface area contributed by atoms with Crippen molar-refractivity contribution in [3.05, 3.63) is 12.2 Å². The molecule has 4 heteroatoms. The first-order chi connectivity index (χ1) is 7.84. The molecule has 0 aromatic carbocycles. The molecular formula is C13H26O4. The van der Waals surface area contributed by atoms with Gasteiger partial charge < -0.3 is 19.3 Å². The molecule has 17 heavy (non-hydrogen) atoms. The first-order valence-electron chi connectivity index (χ1n) is 6.04. The number of hydrogen-bond acceptors (Lipinski definition) is 4. The molecule has 0 spiro atoms. The SMILES string of the molecule is C=C(CC)C(CC(C)(C)O)OC(OC)OCC. The van der Waals surface area contributed by atoms with Gasteiger partial charge in [-0.3, -0.25) is 0 Å². The van der Waals surface area contributed by atoms with Gasteiger partial charge in [-0.25, -0.2) is 0 Å². The molecule has 0 aliphatic carbocycles. The summed E-state index contributed by atoms with van der Waals surface area (Å²) in [5.41, 5.74) is 0.113. The predicted octanol–water partition coefficient (Wildman–Crippen LogP) is 2.47. The van der Waals surface area contributed by atoms with Crippen molar-refractivity contribution < 1.29 is 19.3 Å². The van der Waals surface area contributed by atoms with Crippen molar-refractivity contribution in [1.82, 2.24) is 0 Å². The van der Waals surface area contributed by atoms with Gasteiger partial charge in [0.1, 0.15) is 0 Å². The number of aliphatic hydroxyl groups is 1. The Labute approximate surface area is 105 Å². The van der Waals surface area contributed by atoms with E-state index in [0.29, 0.717) is 13.0 Å². The zero-order chi connectivity index (χ0) is 13.5. The highest BCUT2D eigenvalue weighted by Crippen LogP contribution is 2.22. The molecule has 102 valence electrons. The van der Waals surface area contributed by atoms with Crippen LogP contribution in [0.2, 0.25) is 0 Å². The van der Waals surface area contributed by atoms with E-state index < -0.39 is 12.1 Å². The van der Waals surface area contributed by atoms with Crippen LogP contribution in [0.3, 0.4) is 0 Å². The molecule has 0 saturated heterocycles. The molecule has 0 bridgehead atoms. The number of methoxy groups -OCH3 is 1. The average Bonchev–Trinajstić information content (AvgIpc) is 2.24. The van der Waals surface area contributed by atoms with Crippen LogP contribution >= 0.6 is 0 Å². The normalized spacial score (nSPS) is 15.6. The second-order valence-electron chi connectivity index (χ2n) is 4.63. The average molecular weight is 246 g/mol. The minimum absolute atomic E-state index is 0.267. The van der Waals surface area contributed by atoms with Gasteiger partial charge in [0.15, 0.2) is 0 Å². The molecule has 0 fully saturated rings. The summed E-state index contributed by atoms with van der Waals surface area (Å²) in [4.78, 5) is 0. The van der Waals surface area contributed by atoms with E-state index in [0.717, 1.165) is 12.0 Å². The standard InChI is InChI=1S/C13H26O4/c1-7-10(3)11(9-13(4,5)14)17-12(15-6)16-8-2/h11-12,14H,3,7-9H2,1-2,4-6H3. The van der Waals surface area contributed by atoms with Gasteiger partial charge in [-0.05, 0) is 32.8 Å². The molecular weight excluding hydrogens is 220 g/mol. The summed E-state index contributed by atoms with van der Waals surface area (Å²) in [7, 11) is 1.52. The second kappa shape index (κ2) is 7.82. The van der Waals surface area contributed by atoms with Gasteiger partial charge in [0.05, 0.1) is 11.7 Å². The van der Waals surface area contributed by atoms with Gasteiger partial charge in [0, 0.05) is 20.1 Å². The van der Waals surface area contributed by atoms with Crippen LogP contribution < -0.4 is 0 Å². The van der Waals surface area contributed by atoms with E-state index >= 15 is 0 Å². The van der Waals surface area contributed by atoms with Crippen molar-refractivity contribution in [2.75, 3.05) is 13.7 Å². The zero-order valence-electron chi connectivity index (χ0n) is 11.7. The van der Waals surface area contributed by atoms with E-state index in [-0.39, 0.29) is 6.10 Å². The summed E-state index contributed by atoms with van der Waals surface area (Å²) in [5, 5.41) is 9.85. The first-order valence-corrected chi connectivity index (χ1v) is 6.04. The third-order valence-electron chi connectivity index (χ3n) is 2.36. The highest BCUT2D eigenvalue weighted by molar-refractivity contribution is 5.03. The Balaban J connectivity index is 4.52. The van der Waals surface area contributed by atoms with Crippen molar-refractivity contribution in [3.8, 4) is 0 Å². The summed E-state index contributed by atoms with van der Waals surface area (Å²) >= 11 is 0. The fourth-order valence-corrected chi connectivity index (χ4v) is 1.40. The van der Waals surface area contributed by atoms with Crippen LogP contribution in [0.15, 0.2) is 12.2 Å². The zero-order valence-corrected chi connectivity index (χ0v) is 11.7. The fourth-order valence-electron chi connectivity index (χ4n) is 1.40. The van der Waals surface area contributed by atoms with Crippen LogP contribution in [0.25, 0.3) is 0 Å². The van der Waals surface area contributed by atoms with Crippen molar-refractivity contribution in [1.29, 1.82) is 0 Å². The molecule has 0 aliphatic rings. The predicted molar refractivity (Wildman–Crippen MR) is 67.6 cm³/mol. The highest BCUT2D eigenvalue weighted by atomic mass is 16.8. The molecule has 1 N–H and O–H groups in total. The summed E-state index contributed by atoms with van der Waals surface area (Å²) in [6.45, 7) is 11.1. The van der Waals surface area contributed by atoms with Crippen molar-refractivity contribution in [3.63, 3.8) is 0 Å². The maximum atomic E-state index is 9.85. The monoisotopic (exact) mass is 246 g/mol. The van der Waals surface area contributed by atoms with Crippen LogP contribution in [-0.2, 0) is 14.2 Å². The van der Waals surface area contributed by atoms with Crippen LogP contribution in [0.1, 0.15) is 40.5 Å². The van der Waals surface area contributed by atoms with E-state index in [2.05, 4.69) is 6.58 Å². The van der Waals surface area contributed by atoms with E-state index in [1.54, 1.807) is 13.8 Å². The van der Waals surface area contributed by atoms with Crippen LogP contribution in [0.5, 0.6) is 0 Å². The highest BCUT2D eigenvalue weighted by Gasteiger charge is 2.25. The topological polar surface area (TPSA) is 47.9 Å². The maximum Gasteiger partial charge on any atom is 0.271 e. The Hall–Kier alpha value is -0.420. The van der Waals surface area contributed by atoms with E-state index in [1.807, 2.05) is 13.8 Å². The number of ether oxygens (including phenoxy) is 3. The van der Waals surface area contributed by atoms with Crippen molar-refractivity contribution >= 4 is 0 Å². The summed E-state index contributed by atoms with van der Waals surface area (Å²) in [5.74, 6) is 0. The van der Waals surface area contributed by atoms with Gasteiger partial charge >= 0.3 is 0 Å². The van der Waals surface area contributed by atoms with Gasteiger partial charge in [-0.2, -0.15) is 0 Å². The molecule has 0 saturated carbocycles. The Morgan fingerprint density at radius 3 is 2.29 bits per heavy atom. The Kier molecular flexibility index (Phi) is 7.63. The Morgan fingerprint density at radius 2 is 1.94 bits per heavy atom. The van der Waals surface area contributed by atoms with Gasteiger partial charge in [-0.15, -0.1) is 0 Å². The lowest BCUT2D eigenvalue weighted by Crippen LogP contribution is -2.33. The summed E-state index contributed by atoms with van der Waals surface area (Å²) in [6, 6.07) is 0. The third-order valence-corrected chi connectivity index (χ3v) is 2.36. The molecule has 0 aromatic rings. The largest absolute Gasteiger partial charge is 0.390 e. The first kappa shape index (κ1) is 16.6. The van der Waals surface area contributed by atoms with Crippen molar-refractivity contribution in [2.45, 2.75) is 58.7 Å². The minimum atomic E-state index is -0.812. The minimum Gasteiger partial charge on any atom is -0.390 e. The second-order valence-corrected chi connectivity index (χ2v) is 4.63. The molecule has 0 rings (SSSR count). The van der Waals surface area contributed by atoms with Gasteiger partial charge in [-0.1, -0.05) is 13.5 Å². The van der Waals surface area contributed by atoms with E-state index in [1.165, 1.54) is 7.11 Å². The lowest BCUT2D eigenvalue weighted by molar-refractivity contribution is -0.291. The quantitative estimate of drug-likeness (QED) is 0.501. The van der Waals surface area contributed by atoms with Crippen LogP contribution in [0.4, 0.5) is 0 Å². The smallest absolute Gasteiger partial charge is 0.271 e.